The largest absolute Gasteiger partial charge is 0.504 e. The number of aromatic hydroxyl groups is 1. The van der Waals surface area contributed by atoms with Gasteiger partial charge >= 0.3 is 0 Å². The molecule has 3 nitrogen and oxygen atoms in total. The minimum atomic E-state index is 0.197. The Hall–Kier alpha value is -1.22. The van der Waals surface area contributed by atoms with Gasteiger partial charge in [-0.1, -0.05) is 18.9 Å². The van der Waals surface area contributed by atoms with E-state index in [9.17, 15) is 5.11 Å². The SMILES string of the molecule is COc1cc(CNC(C)CC2CC2)ccc1O. The molecule has 1 unspecified atom stereocenters. The second-order valence-electron chi connectivity index (χ2n) is 4.97. The Labute approximate surface area is 103 Å². The summed E-state index contributed by atoms with van der Waals surface area (Å²) in [5.74, 6) is 1.69. The van der Waals surface area contributed by atoms with Gasteiger partial charge in [0.2, 0.25) is 0 Å². The molecule has 0 bridgehead atoms. The summed E-state index contributed by atoms with van der Waals surface area (Å²) in [6.45, 7) is 3.06. The van der Waals surface area contributed by atoms with Crippen molar-refractivity contribution in [2.24, 2.45) is 5.92 Å². The quantitative estimate of drug-likeness (QED) is 0.796. The van der Waals surface area contributed by atoms with Crippen LogP contribution in [0.5, 0.6) is 11.5 Å². The van der Waals surface area contributed by atoms with E-state index in [1.54, 1.807) is 13.2 Å². The summed E-state index contributed by atoms with van der Waals surface area (Å²) in [5.41, 5.74) is 1.14. The van der Waals surface area contributed by atoms with Crippen LogP contribution in [0.25, 0.3) is 0 Å². The van der Waals surface area contributed by atoms with Crippen molar-refractivity contribution in [1.29, 1.82) is 0 Å². The van der Waals surface area contributed by atoms with Crippen LogP contribution in [0.4, 0.5) is 0 Å². The first-order valence-corrected chi connectivity index (χ1v) is 6.28. The summed E-state index contributed by atoms with van der Waals surface area (Å²) < 4.78 is 5.09. The Morgan fingerprint density at radius 3 is 2.88 bits per heavy atom. The number of hydrogen-bond donors (Lipinski definition) is 2. The Bertz CT molecular complexity index is 374. The highest BCUT2D eigenvalue weighted by Crippen LogP contribution is 2.33. The molecule has 0 radical (unpaired) electrons. The van der Waals surface area contributed by atoms with Crippen molar-refractivity contribution in [1.82, 2.24) is 5.32 Å². The summed E-state index contributed by atoms with van der Waals surface area (Å²) in [5, 5.41) is 13.0. The van der Waals surface area contributed by atoms with Crippen LogP contribution < -0.4 is 10.1 Å². The van der Waals surface area contributed by atoms with Gasteiger partial charge in [-0.3, -0.25) is 0 Å². The Balaban J connectivity index is 1.84. The molecule has 1 atom stereocenters. The molecule has 0 saturated heterocycles. The first-order valence-electron chi connectivity index (χ1n) is 6.28. The number of nitrogens with one attached hydrogen (secondary N) is 1. The molecule has 1 aromatic carbocycles. The Morgan fingerprint density at radius 1 is 1.47 bits per heavy atom. The fraction of sp³-hybridized carbons (Fsp3) is 0.571. The van der Waals surface area contributed by atoms with Crippen LogP contribution in [-0.4, -0.2) is 18.3 Å². The lowest BCUT2D eigenvalue weighted by molar-refractivity contribution is 0.372. The summed E-state index contributed by atoms with van der Waals surface area (Å²) >= 11 is 0. The van der Waals surface area contributed by atoms with E-state index < -0.39 is 0 Å². The van der Waals surface area contributed by atoms with Crippen molar-refractivity contribution in [2.75, 3.05) is 7.11 Å². The van der Waals surface area contributed by atoms with E-state index in [1.165, 1.54) is 19.3 Å². The van der Waals surface area contributed by atoms with Crippen molar-refractivity contribution in [3.05, 3.63) is 23.8 Å². The van der Waals surface area contributed by atoms with E-state index in [4.69, 9.17) is 4.74 Å². The number of ether oxygens (including phenoxy) is 1. The zero-order valence-corrected chi connectivity index (χ0v) is 10.6. The summed E-state index contributed by atoms with van der Waals surface area (Å²) in [6.07, 6.45) is 4.08. The van der Waals surface area contributed by atoms with Crippen molar-refractivity contribution in [2.45, 2.75) is 38.8 Å². The van der Waals surface area contributed by atoms with Gasteiger partial charge in [0.1, 0.15) is 0 Å². The van der Waals surface area contributed by atoms with Crippen LogP contribution >= 0.6 is 0 Å². The average Bonchev–Trinajstić information content (AvgIpc) is 3.12. The minimum Gasteiger partial charge on any atom is -0.504 e. The Morgan fingerprint density at radius 2 is 2.24 bits per heavy atom. The van der Waals surface area contributed by atoms with Crippen LogP contribution in [0.1, 0.15) is 31.7 Å². The first-order chi connectivity index (χ1) is 8.19. The highest BCUT2D eigenvalue weighted by Gasteiger charge is 2.23. The highest BCUT2D eigenvalue weighted by molar-refractivity contribution is 5.41. The van der Waals surface area contributed by atoms with Gasteiger partial charge in [0.05, 0.1) is 7.11 Å². The molecule has 17 heavy (non-hydrogen) atoms. The molecule has 1 aliphatic carbocycles. The van der Waals surface area contributed by atoms with Gasteiger partial charge in [-0.15, -0.1) is 0 Å². The maximum Gasteiger partial charge on any atom is 0.160 e. The summed E-state index contributed by atoms with van der Waals surface area (Å²) in [4.78, 5) is 0. The molecule has 0 aromatic heterocycles. The molecular formula is C14H21NO2. The van der Waals surface area contributed by atoms with Crippen LogP contribution in [0, 0.1) is 5.92 Å². The lowest BCUT2D eigenvalue weighted by Gasteiger charge is -2.14. The average molecular weight is 235 g/mol. The molecule has 0 aliphatic heterocycles. The standard InChI is InChI=1S/C14H21NO2/c1-10(7-11-3-4-11)15-9-12-5-6-13(16)14(8-12)17-2/h5-6,8,10-11,15-16H,3-4,7,9H2,1-2H3. The molecular weight excluding hydrogens is 214 g/mol. The lowest BCUT2D eigenvalue weighted by Crippen LogP contribution is -2.25. The van der Waals surface area contributed by atoms with Gasteiger partial charge < -0.3 is 15.2 Å². The molecule has 0 amide bonds. The maximum absolute atomic E-state index is 9.49. The smallest absolute Gasteiger partial charge is 0.160 e. The molecule has 2 N–H and O–H groups in total. The zero-order valence-electron chi connectivity index (χ0n) is 10.6. The third-order valence-electron chi connectivity index (χ3n) is 3.28. The van der Waals surface area contributed by atoms with E-state index in [2.05, 4.69) is 12.2 Å². The van der Waals surface area contributed by atoms with Gasteiger partial charge in [0, 0.05) is 12.6 Å². The van der Waals surface area contributed by atoms with Crippen molar-refractivity contribution in [3.8, 4) is 11.5 Å². The molecule has 1 aliphatic rings. The number of phenolic OH excluding ortho intramolecular Hbond substituents is 1. The molecule has 94 valence electrons. The van der Waals surface area contributed by atoms with Crippen LogP contribution in [-0.2, 0) is 6.54 Å². The van der Waals surface area contributed by atoms with Crippen LogP contribution in [0.2, 0.25) is 0 Å². The molecule has 2 rings (SSSR count). The van der Waals surface area contributed by atoms with E-state index in [0.717, 1.165) is 18.0 Å². The normalized spacial score (nSPS) is 16.8. The fourth-order valence-electron chi connectivity index (χ4n) is 2.06. The molecule has 3 heteroatoms. The van der Waals surface area contributed by atoms with Crippen molar-refractivity contribution >= 4 is 0 Å². The monoisotopic (exact) mass is 235 g/mol. The third-order valence-corrected chi connectivity index (χ3v) is 3.28. The maximum atomic E-state index is 9.49. The molecule has 0 heterocycles. The van der Waals surface area contributed by atoms with Gasteiger partial charge in [-0.05, 0) is 37.0 Å². The topological polar surface area (TPSA) is 41.5 Å². The minimum absolute atomic E-state index is 0.197. The number of methoxy groups -OCH3 is 1. The predicted molar refractivity (Wildman–Crippen MR) is 68.3 cm³/mol. The van der Waals surface area contributed by atoms with E-state index in [1.807, 2.05) is 12.1 Å². The van der Waals surface area contributed by atoms with Crippen LogP contribution in [0.3, 0.4) is 0 Å². The number of rotatable bonds is 6. The molecule has 1 fully saturated rings. The van der Waals surface area contributed by atoms with Gasteiger partial charge in [0.15, 0.2) is 11.5 Å². The fourth-order valence-corrected chi connectivity index (χ4v) is 2.06. The molecule has 0 spiro atoms. The second kappa shape index (κ2) is 5.41. The van der Waals surface area contributed by atoms with Gasteiger partial charge in [-0.2, -0.15) is 0 Å². The zero-order chi connectivity index (χ0) is 12.3. The van der Waals surface area contributed by atoms with Crippen molar-refractivity contribution < 1.29 is 9.84 Å². The Kier molecular flexibility index (Phi) is 3.89. The van der Waals surface area contributed by atoms with E-state index in [0.29, 0.717) is 11.8 Å². The number of phenols is 1. The first kappa shape index (κ1) is 12.2. The second-order valence-corrected chi connectivity index (χ2v) is 4.97. The van der Waals surface area contributed by atoms with Gasteiger partial charge in [0.25, 0.3) is 0 Å². The molecule has 1 aromatic rings. The van der Waals surface area contributed by atoms with E-state index >= 15 is 0 Å². The predicted octanol–water partition coefficient (Wildman–Crippen LogP) is 2.68. The van der Waals surface area contributed by atoms with Gasteiger partial charge in [-0.25, -0.2) is 0 Å². The summed E-state index contributed by atoms with van der Waals surface area (Å²) in [6, 6.07) is 6.05. The van der Waals surface area contributed by atoms with E-state index in [-0.39, 0.29) is 5.75 Å². The summed E-state index contributed by atoms with van der Waals surface area (Å²) in [7, 11) is 1.57. The van der Waals surface area contributed by atoms with Crippen molar-refractivity contribution in [3.63, 3.8) is 0 Å². The third kappa shape index (κ3) is 3.63. The molecule has 1 saturated carbocycles. The van der Waals surface area contributed by atoms with Crippen LogP contribution in [0.15, 0.2) is 18.2 Å². The number of hydrogen-bond acceptors (Lipinski definition) is 3. The number of benzene rings is 1. The highest BCUT2D eigenvalue weighted by atomic mass is 16.5. The lowest BCUT2D eigenvalue weighted by atomic mass is 10.1.